The molecule has 3 N–H and O–H groups in total. The van der Waals surface area contributed by atoms with Gasteiger partial charge in [0.2, 0.25) is 5.91 Å². The fraction of sp³-hybridized carbons (Fsp3) is 0.357. The monoisotopic (exact) mass is 292 g/mol. The summed E-state index contributed by atoms with van der Waals surface area (Å²) in [6, 6.07) is 6.67. The van der Waals surface area contributed by atoms with Crippen LogP contribution in [0.3, 0.4) is 0 Å². The number of aliphatic carboxylic acids is 1. The second kappa shape index (κ2) is 6.36. The molecule has 1 fully saturated rings. The van der Waals surface area contributed by atoms with E-state index in [1.807, 2.05) is 0 Å². The average Bonchev–Trinajstić information content (AvgIpc) is 2.43. The van der Waals surface area contributed by atoms with E-state index < -0.39 is 36.5 Å². The number of rotatable bonds is 5. The molecule has 0 bridgehead atoms. The lowest BCUT2D eigenvalue weighted by Gasteiger charge is -2.40. The lowest BCUT2D eigenvalue weighted by molar-refractivity contribution is -0.158. The minimum atomic E-state index is -1.06. The Labute approximate surface area is 121 Å². The maximum absolute atomic E-state index is 12.5. The Balaban J connectivity index is 2.21. The Kier molecular flexibility index (Phi) is 4.54. The molecule has 112 valence electrons. The summed E-state index contributed by atoms with van der Waals surface area (Å²) >= 11 is 0. The first-order chi connectivity index (χ1) is 10.0. The summed E-state index contributed by atoms with van der Waals surface area (Å²) in [5.74, 6) is -2.24. The molecule has 1 aromatic rings. The van der Waals surface area contributed by atoms with Crippen molar-refractivity contribution in [3.63, 3.8) is 0 Å². The van der Waals surface area contributed by atoms with Crippen molar-refractivity contribution in [1.82, 2.24) is 10.2 Å². The van der Waals surface area contributed by atoms with Gasteiger partial charge in [-0.3, -0.25) is 9.59 Å². The number of likely N-dealkylation sites (tertiary alicyclic amines) is 1. The third-order valence-corrected chi connectivity index (χ3v) is 3.42. The van der Waals surface area contributed by atoms with Crippen LogP contribution in [0.5, 0.6) is 0 Å². The number of aliphatic hydroxyl groups excluding tert-OH is 1. The molecule has 7 heteroatoms. The van der Waals surface area contributed by atoms with Gasteiger partial charge in [-0.15, -0.1) is 0 Å². The van der Waals surface area contributed by atoms with Gasteiger partial charge in [0, 0.05) is 6.54 Å². The van der Waals surface area contributed by atoms with E-state index in [0.29, 0.717) is 18.5 Å². The SMILES string of the molecule is O=C(CO)N[C@@H](C(=O)N1CC[C@H]1C(=O)O)c1ccccc1. The predicted molar refractivity (Wildman–Crippen MR) is 72.2 cm³/mol. The molecule has 0 aliphatic carbocycles. The third kappa shape index (κ3) is 3.19. The molecule has 2 amide bonds. The highest BCUT2D eigenvalue weighted by Crippen LogP contribution is 2.24. The maximum Gasteiger partial charge on any atom is 0.326 e. The molecule has 7 nitrogen and oxygen atoms in total. The van der Waals surface area contributed by atoms with Crippen LogP contribution in [0, 0.1) is 0 Å². The molecule has 1 aromatic carbocycles. The summed E-state index contributed by atoms with van der Waals surface area (Å²) in [6.45, 7) is -0.396. The van der Waals surface area contributed by atoms with E-state index >= 15 is 0 Å². The smallest absolute Gasteiger partial charge is 0.326 e. The van der Waals surface area contributed by atoms with Crippen LogP contribution >= 0.6 is 0 Å². The molecular formula is C14H16N2O5. The summed E-state index contributed by atoms with van der Waals surface area (Å²) in [4.78, 5) is 36.1. The number of carbonyl (C=O) groups is 3. The fourth-order valence-corrected chi connectivity index (χ4v) is 2.21. The summed E-state index contributed by atoms with van der Waals surface area (Å²) in [5.41, 5.74) is 0.542. The van der Waals surface area contributed by atoms with Gasteiger partial charge in [-0.05, 0) is 12.0 Å². The van der Waals surface area contributed by atoms with E-state index in [9.17, 15) is 14.4 Å². The van der Waals surface area contributed by atoms with Gasteiger partial charge < -0.3 is 20.4 Å². The van der Waals surface area contributed by atoms with Crippen molar-refractivity contribution in [3.8, 4) is 0 Å². The van der Waals surface area contributed by atoms with Crippen LogP contribution in [-0.2, 0) is 14.4 Å². The number of benzene rings is 1. The molecule has 0 aromatic heterocycles. The van der Waals surface area contributed by atoms with E-state index in [2.05, 4.69) is 5.32 Å². The number of aliphatic hydroxyl groups is 1. The molecule has 2 atom stereocenters. The molecule has 21 heavy (non-hydrogen) atoms. The number of carboxylic acids is 1. The fourth-order valence-electron chi connectivity index (χ4n) is 2.21. The molecule has 0 unspecified atom stereocenters. The van der Waals surface area contributed by atoms with Gasteiger partial charge >= 0.3 is 5.97 Å². The van der Waals surface area contributed by atoms with Gasteiger partial charge in [0.05, 0.1) is 0 Å². The quantitative estimate of drug-likeness (QED) is 0.679. The third-order valence-electron chi connectivity index (χ3n) is 3.42. The summed E-state index contributed by atoms with van der Waals surface area (Å²) in [7, 11) is 0. The van der Waals surface area contributed by atoms with Crippen molar-refractivity contribution in [2.45, 2.75) is 18.5 Å². The van der Waals surface area contributed by atoms with Crippen molar-refractivity contribution >= 4 is 17.8 Å². The van der Waals surface area contributed by atoms with Gasteiger partial charge in [-0.25, -0.2) is 4.79 Å². The second-order valence-electron chi connectivity index (χ2n) is 4.74. The molecule has 1 aliphatic heterocycles. The zero-order valence-corrected chi connectivity index (χ0v) is 11.2. The van der Waals surface area contributed by atoms with Crippen LogP contribution in [0.15, 0.2) is 30.3 Å². The molecular weight excluding hydrogens is 276 g/mol. The Morgan fingerprint density at radius 2 is 1.95 bits per heavy atom. The van der Waals surface area contributed by atoms with Crippen molar-refractivity contribution < 1.29 is 24.6 Å². The molecule has 1 aliphatic rings. The number of carbonyl (C=O) groups excluding carboxylic acids is 2. The first-order valence-corrected chi connectivity index (χ1v) is 6.53. The molecule has 1 saturated heterocycles. The zero-order chi connectivity index (χ0) is 15.4. The minimum absolute atomic E-state index is 0.341. The second-order valence-corrected chi connectivity index (χ2v) is 4.74. The zero-order valence-electron chi connectivity index (χ0n) is 11.2. The van der Waals surface area contributed by atoms with Crippen molar-refractivity contribution in [2.24, 2.45) is 0 Å². The number of carboxylic acid groups (broad SMARTS) is 1. The van der Waals surface area contributed by atoms with Gasteiger partial charge in [0.15, 0.2) is 0 Å². The lowest BCUT2D eigenvalue weighted by Crippen LogP contribution is -2.58. The molecule has 2 rings (SSSR count). The van der Waals surface area contributed by atoms with Crippen LogP contribution in [0.25, 0.3) is 0 Å². The highest BCUT2D eigenvalue weighted by Gasteiger charge is 2.41. The molecule has 0 saturated carbocycles. The van der Waals surface area contributed by atoms with E-state index in [1.54, 1.807) is 30.3 Å². The first kappa shape index (κ1) is 15.0. The standard InChI is InChI=1S/C14H16N2O5/c17-8-11(18)15-12(9-4-2-1-3-5-9)13(19)16-7-6-10(16)14(20)21/h1-5,10,12,17H,6-8H2,(H,15,18)(H,20,21)/t10-,12+/m0/s1. The Bertz CT molecular complexity index is 546. The van der Waals surface area contributed by atoms with Crippen LogP contribution in [0.1, 0.15) is 18.0 Å². The number of hydrogen-bond acceptors (Lipinski definition) is 4. The summed E-state index contributed by atoms with van der Waals surface area (Å²) in [6.07, 6.45) is 0.399. The van der Waals surface area contributed by atoms with E-state index in [0.717, 1.165) is 0 Å². The van der Waals surface area contributed by atoms with Crippen LogP contribution in [-0.4, -0.2) is 52.1 Å². The Morgan fingerprint density at radius 3 is 2.43 bits per heavy atom. The summed E-state index contributed by atoms with van der Waals surface area (Å²) in [5, 5.41) is 20.3. The minimum Gasteiger partial charge on any atom is -0.480 e. The molecule has 0 radical (unpaired) electrons. The highest BCUT2D eigenvalue weighted by atomic mass is 16.4. The number of amides is 2. The number of hydrogen-bond donors (Lipinski definition) is 3. The van der Waals surface area contributed by atoms with Crippen LogP contribution < -0.4 is 5.32 Å². The van der Waals surface area contributed by atoms with Crippen LogP contribution in [0.4, 0.5) is 0 Å². The van der Waals surface area contributed by atoms with Crippen molar-refractivity contribution in [1.29, 1.82) is 0 Å². The van der Waals surface area contributed by atoms with Crippen molar-refractivity contribution in [3.05, 3.63) is 35.9 Å². The first-order valence-electron chi connectivity index (χ1n) is 6.53. The largest absolute Gasteiger partial charge is 0.480 e. The normalized spacial score (nSPS) is 18.5. The van der Waals surface area contributed by atoms with Crippen molar-refractivity contribution in [2.75, 3.05) is 13.2 Å². The van der Waals surface area contributed by atoms with Gasteiger partial charge in [-0.2, -0.15) is 0 Å². The Morgan fingerprint density at radius 1 is 1.29 bits per heavy atom. The summed E-state index contributed by atoms with van der Waals surface area (Å²) < 4.78 is 0. The predicted octanol–water partition coefficient (Wildman–Crippen LogP) is -0.478. The molecule has 0 spiro atoms. The van der Waals surface area contributed by atoms with Gasteiger partial charge in [-0.1, -0.05) is 30.3 Å². The highest BCUT2D eigenvalue weighted by molar-refractivity contribution is 5.92. The lowest BCUT2D eigenvalue weighted by atomic mass is 9.98. The van der Waals surface area contributed by atoms with Gasteiger partial charge in [0.1, 0.15) is 18.7 Å². The van der Waals surface area contributed by atoms with E-state index in [4.69, 9.17) is 10.2 Å². The number of nitrogens with one attached hydrogen (secondary N) is 1. The average molecular weight is 292 g/mol. The van der Waals surface area contributed by atoms with E-state index in [1.165, 1.54) is 4.90 Å². The maximum atomic E-state index is 12.5. The Hall–Kier alpha value is -2.41. The molecule has 1 heterocycles. The topological polar surface area (TPSA) is 107 Å². The van der Waals surface area contributed by atoms with Crippen LogP contribution in [0.2, 0.25) is 0 Å². The van der Waals surface area contributed by atoms with Gasteiger partial charge in [0.25, 0.3) is 5.91 Å². The van der Waals surface area contributed by atoms with E-state index in [-0.39, 0.29) is 0 Å². The number of nitrogens with zero attached hydrogens (tertiary/aromatic N) is 1.